The van der Waals surface area contributed by atoms with Crippen LogP contribution in [0.4, 0.5) is 0 Å². The molecule has 0 radical (unpaired) electrons. The fourth-order valence-electron chi connectivity index (χ4n) is 3.86. The molecule has 0 aromatic heterocycles. The Labute approximate surface area is 107 Å². The van der Waals surface area contributed by atoms with Crippen LogP contribution in [0.5, 0.6) is 0 Å². The van der Waals surface area contributed by atoms with Gasteiger partial charge in [0.1, 0.15) is 0 Å². The lowest BCUT2D eigenvalue weighted by Crippen LogP contribution is -2.60. The molecule has 17 heavy (non-hydrogen) atoms. The van der Waals surface area contributed by atoms with Crippen LogP contribution in [0.25, 0.3) is 0 Å². The smallest absolute Gasteiger partial charge is 0.0276 e. The van der Waals surface area contributed by atoms with E-state index in [1.54, 1.807) is 0 Å². The molecule has 1 saturated heterocycles. The zero-order valence-electron chi connectivity index (χ0n) is 11.9. The standard InChI is InChI=1S/C14H29N3/c1-11-9-12(2)14(13(10-11)15-3)17-7-5-16(4)6-8-17/h11-15H,5-10H2,1-4H3. The molecule has 0 aromatic rings. The molecule has 2 fully saturated rings. The summed E-state index contributed by atoms with van der Waals surface area (Å²) < 4.78 is 0. The second-order valence-electron chi connectivity index (χ2n) is 6.28. The van der Waals surface area contributed by atoms with E-state index >= 15 is 0 Å². The molecule has 0 bridgehead atoms. The fraction of sp³-hybridized carbons (Fsp3) is 1.00. The first-order chi connectivity index (χ1) is 8.11. The minimum Gasteiger partial charge on any atom is -0.315 e. The molecule has 2 aliphatic rings. The number of hydrogen-bond donors (Lipinski definition) is 1. The Kier molecular flexibility index (Phi) is 4.45. The van der Waals surface area contributed by atoms with Gasteiger partial charge in [-0.05, 0) is 38.8 Å². The number of hydrogen-bond acceptors (Lipinski definition) is 3. The first-order valence-electron chi connectivity index (χ1n) is 7.21. The number of likely N-dealkylation sites (N-methyl/N-ethyl adjacent to an activating group) is 2. The van der Waals surface area contributed by atoms with Crippen molar-refractivity contribution in [2.24, 2.45) is 11.8 Å². The molecule has 100 valence electrons. The molecule has 0 aromatic carbocycles. The van der Waals surface area contributed by atoms with Gasteiger partial charge >= 0.3 is 0 Å². The van der Waals surface area contributed by atoms with Crippen LogP contribution in [0.15, 0.2) is 0 Å². The van der Waals surface area contributed by atoms with Gasteiger partial charge in [0.2, 0.25) is 0 Å². The summed E-state index contributed by atoms with van der Waals surface area (Å²) in [6.45, 7) is 9.81. The van der Waals surface area contributed by atoms with Gasteiger partial charge in [-0.2, -0.15) is 0 Å². The van der Waals surface area contributed by atoms with Gasteiger partial charge in [0.25, 0.3) is 0 Å². The van der Waals surface area contributed by atoms with E-state index in [0.29, 0.717) is 6.04 Å². The van der Waals surface area contributed by atoms with Crippen molar-refractivity contribution in [1.29, 1.82) is 0 Å². The van der Waals surface area contributed by atoms with Gasteiger partial charge in [-0.15, -0.1) is 0 Å². The molecule has 0 spiro atoms. The first kappa shape index (κ1) is 13.3. The molecule has 1 aliphatic carbocycles. The predicted molar refractivity (Wildman–Crippen MR) is 73.3 cm³/mol. The maximum absolute atomic E-state index is 3.57. The SMILES string of the molecule is CNC1CC(C)CC(C)C1N1CCN(C)CC1. The van der Waals surface area contributed by atoms with Crippen LogP contribution in [0.2, 0.25) is 0 Å². The first-order valence-corrected chi connectivity index (χ1v) is 7.21. The zero-order valence-corrected chi connectivity index (χ0v) is 11.9. The van der Waals surface area contributed by atoms with E-state index in [9.17, 15) is 0 Å². The van der Waals surface area contributed by atoms with Gasteiger partial charge in [-0.25, -0.2) is 0 Å². The highest BCUT2D eigenvalue weighted by molar-refractivity contribution is 4.94. The maximum atomic E-state index is 3.57. The van der Waals surface area contributed by atoms with E-state index in [1.165, 1.54) is 39.0 Å². The second-order valence-corrected chi connectivity index (χ2v) is 6.28. The average molecular weight is 239 g/mol. The van der Waals surface area contributed by atoms with Crippen molar-refractivity contribution >= 4 is 0 Å². The molecule has 4 unspecified atom stereocenters. The Hall–Kier alpha value is -0.120. The van der Waals surface area contributed by atoms with E-state index in [-0.39, 0.29) is 0 Å². The van der Waals surface area contributed by atoms with Crippen molar-refractivity contribution in [3.05, 3.63) is 0 Å². The molecule has 3 heteroatoms. The van der Waals surface area contributed by atoms with Crippen molar-refractivity contribution in [2.75, 3.05) is 40.3 Å². The molecule has 3 nitrogen and oxygen atoms in total. The van der Waals surface area contributed by atoms with Crippen molar-refractivity contribution in [1.82, 2.24) is 15.1 Å². The summed E-state index contributed by atoms with van der Waals surface area (Å²) in [5, 5.41) is 3.57. The highest BCUT2D eigenvalue weighted by atomic mass is 15.3. The van der Waals surface area contributed by atoms with Gasteiger partial charge in [0.05, 0.1) is 0 Å². The van der Waals surface area contributed by atoms with Gasteiger partial charge in [-0.1, -0.05) is 13.8 Å². The largest absolute Gasteiger partial charge is 0.315 e. The fourth-order valence-corrected chi connectivity index (χ4v) is 3.86. The summed E-state index contributed by atoms with van der Waals surface area (Å²) in [6.07, 6.45) is 2.74. The van der Waals surface area contributed by atoms with Crippen LogP contribution in [0.1, 0.15) is 26.7 Å². The van der Waals surface area contributed by atoms with E-state index in [1.807, 2.05) is 0 Å². The molecule has 0 amide bonds. The minimum atomic E-state index is 0.692. The van der Waals surface area contributed by atoms with Crippen molar-refractivity contribution in [3.63, 3.8) is 0 Å². The lowest BCUT2D eigenvalue weighted by Gasteiger charge is -2.48. The molecule has 1 heterocycles. The van der Waals surface area contributed by atoms with Crippen LogP contribution in [0, 0.1) is 11.8 Å². The summed E-state index contributed by atoms with van der Waals surface area (Å²) >= 11 is 0. The molecule has 4 atom stereocenters. The third-order valence-corrected chi connectivity index (χ3v) is 4.76. The third-order valence-electron chi connectivity index (χ3n) is 4.76. The van der Waals surface area contributed by atoms with Crippen LogP contribution < -0.4 is 5.32 Å². The van der Waals surface area contributed by atoms with Crippen molar-refractivity contribution in [3.8, 4) is 0 Å². The Morgan fingerprint density at radius 1 is 1.00 bits per heavy atom. The summed E-state index contributed by atoms with van der Waals surface area (Å²) in [6, 6.07) is 1.45. The topological polar surface area (TPSA) is 18.5 Å². The molecule has 1 aliphatic heterocycles. The van der Waals surface area contributed by atoms with E-state index < -0.39 is 0 Å². The predicted octanol–water partition coefficient (Wildman–Crippen LogP) is 1.26. The number of rotatable bonds is 2. The van der Waals surface area contributed by atoms with Crippen LogP contribution >= 0.6 is 0 Å². The van der Waals surface area contributed by atoms with Crippen LogP contribution in [0.3, 0.4) is 0 Å². The summed E-state index contributed by atoms with van der Waals surface area (Å²) in [5.74, 6) is 1.71. The normalized spacial score (nSPS) is 41.6. The quantitative estimate of drug-likeness (QED) is 0.782. The lowest BCUT2D eigenvalue weighted by atomic mass is 9.75. The Morgan fingerprint density at radius 3 is 2.24 bits per heavy atom. The zero-order chi connectivity index (χ0) is 12.4. The monoisotopic (exact) mass is 239 g/mol. The van der Waals surface area contributed by atoms with Crippen LogP contribution in [-0.2, 0) is 0 Å². The highest BCUT2D eigenvalue weighted by Crippen LogP contribution is 2.32. The van der Waals surface area contributed by atoms with Gasteiger partial charge < -0.3 is 10.2 Å². The average Bonchev–Trinajstić information content (AvgIpc) is 2.30. The van der Waals surface area contributed by atoms with Gasteiger partial charge in [0, 0.05) is 38.3 Å². The molecular weight excluding hydrogens is 210 g/mol. The van der Waals surface area contributed by atoms with Gasteiger partial charge in [-0.3, -0.25) is 4.90 Å². The Bertz CT molecular complexity index is 236. The van der Waals surface area contributed by atoms with Crippen LogP contribution in [-0.4, -0.2) is 62.2 Å². The number of nitrogens with one attached hydrogen (secondary N) is 1. The van der Waals surface area contributed by atoms with E-state index in [0.717, 1.165) is 17.9 Å². The Balaban J connectivity index is 2.01. The molecule has 1 saturated carbocycles. The summed E-state index contributed by atoms with van der Waals surface area (Å²) in [5.41, 5.74) is 0. The second kappa shape index (κ2) is 5.68. The molecular formula is C14H29N3. The summed E-state index contributed by atoms with van der Waals surface area (Å²) in [4.78, 5) is 5.18. The van der Waals surface area contributed by atoms with Crippen molar-refractivity contribution in [2.45, 2.75) is 38.8 Å². The highest BCUT2D eigenvalue weighted by Gasteiger charge is 2.37. The summed E-state index contributed by atoms with van der Waals surface area (Å²) in [7, 11) is 4.37. The molecule has 2 rings (SSSR count). The minimum absolute atomic E-state index is 0.692. The maximum Gasteiger partial charge on any atom is 0.0276 e. The van der Waals surface area contributed by atoms with E-state index in [4.69, 9.17) is 0 Å². The van der Waals surface area contributed by atoms with Crippen molar-refractivity contribution < 1.29 is 0 Å². The number of piperazine rings is 1. The third kappa shape index (κ3) is 3.01. The lowest BCUT2D eigenvalue weighted by molar-refractivity contribution is 0.0317. The Morgan fingerprint density at radius 2 is 1.65 bits per heavy atom. The van der Waals surface area contributed by atoms with Gasteiger partial charge in [0.15, 0.2) is 0 Å². The van der Waals surface area contributed by atoms with E-state index in [2.05, 4.69) is 43.1 Å². The molecule has 1 N–H and O–H groups in total. The number of nitrogens with zero attached hydrogens (tertiary/aromatic N) is 2.